The van der Waals surface area contributed by atoms with E-state index in [1.54, 1.807) is 0 Å². The van der Waals surface area contributed by atoms with Crippen LogP contribution in [0.2, 0.25) is 0 Å². The number of benzene rings is 6. The molecule has 0 spiro atoms. The van der Waals surface area contributed by atoms with Crippen molar-refractivity contribution in [3.63, 3.8) is 0 Å². The lowest BCUT2D eigenvalue weighted by atomic mass is 9.92. The number of anilines is 1. The molecule has 3 heteroatoms. The molecule has 0 amide bonds. The molecule has 0 saturated heterocycles. The summed E-state index contributed by atoms with van der Waals surface area (Å²) in [5, 5.41) is 4.44. The zero-order valence-corrected chi connectivity index (χ0v) is 21.7. The van der Waals surface area contributed by atoms with E-state index in [4.69, 9.17) is 14.6 Å². The van der Waals surface area contributed by atoms with Crippen LogP contribution in [0.25, 0.3) is 66.1 Å². The fourth-order valence-electron chi connectivity index (χ4n) is 5.88. The quantitative estimate of drug-likeness (QED) is 0.237. The number of fused-ring (bicyclic) bond motifs is 6. The molecule has 0 aliphatic rings. The third kappa shape index (κ3) is 3.75. The van der Waals surface area contributed by atoms with E-state index in [1.807, 2.05) is 24.3 Å². The Morgan fingerprint density at radius 2 is 1.10 bits per heavy atom. The molecule has 2 heterocycles. The van der Waals surface area contributed by atoms with Crippen molar-refractivity contribution < 1.29 is 8.83 Å². The molecule has 8 rings (SSSR count). The Balaban J connectivity index is 1.28. The second kappa shape index (κ2) is 8.89. The van der Waals surface area contributed by atoms with Crippen LogP contribution in [0, 0.1) is 0 Å². The Hall–Kier alpha value is -5.28. The topological polar surface area (TPSA) is 52.3 Å². The summed E-state index contributed by atoms with van der Waals surface area (Å²) in [5.74, 6) is 0. The monoisotopic (exact) mass is 515 g/mol. The molecule has 8 aromatic rings. The summed E-state index contributed by atoms with van der Waals surface area (Å²) in [6.07, 6.45) is 0.764. The van der Waals surface area contributed by atoms with Crippen LogP contribution in [0.1, 0.15) is 11.1 Å². The van der Waals surface area contributed by atoms with E-state index in [9.17, 15) is 0 Å². The molecule has 2 N–H and O–H groups in total. The molecular weight excluding hydrogens is 490 g/mol. The van der Waals surface area contributed by atoms with E-state index in [0.717, 1.165) is 50.3 Å². The van der Waals surface area contributed by atoms with Gasteiger partial charge in [0.05, 0.1) is 0 Å². The van der Waals surface area contributed by atoms with Gasteiger partial charge in [0.25, 0.3) is 0 Å². The van der Waals surface area contributed by atoms with Crippen molar-refractivity contribution in [2.24, 2.45) is 0 Å². The average Bonchev–Trinajstić information content (AvgIpc) is 3.54. The highest BCUT2D eigenvalue weighted by atomic mass is 16.3. The standard InChI is InChI=1S/C37H25NO2/c38-28-13-14-29-33-22-30(25-9-5-2-6-10-25)27(20-36(33)40-37(29)21-28)17-23-11-15-34-31(18-23)32-19-26(12-16-35(32)39-34)24-7-3-1-4-8-24/h1-16,18-22H,17,38H2. The first-order chi connectivity index (χ1) is 19.7. The summed E-state index contributed by atoms with van der Waals surface area (Å²) in [6.45, 7) is 0. The van der Waals surface area contributed by atoms with E-state index in [1.165, 1.54) is 33.4 Å². The second-order valence-corrected chi connectivity index (χ2v) is 10.4. The zero-order chi connectivity index (χ0) is 26.6. The molecule has 2 aromatic heterocycles. The Labute approximate surface area is 231 Å². The van der Waals surface area contributed by atoms with E-state index >= 15 is 0 Å². The number of nitrogen functional groups attached to an aromatic ring is 1. The minimum absolute atomic E-state index is 0.700. The summed E-state index contributed by atoms with van der Waals surface area (Å²) >= 11 is 0. The highest BCUT2D eigenvalue weighted by Gasteiger charge is 2.15. The van der Waals surface area contributed by atoms with Gasteiger partial charge in [-0.3, -0.25) is 0 Å². The molecule has 0 atom stereocenters. The maximum absolute atomic E-state index is 6.28. The molecular formula is C37H25NO2. The number of rotatable bonds is 4. The molecule has 40 heavy (non-hydrogen) atoms. The van der Waals surface area contributed by atoms with Crippen molar-refractivity contribution in [1.29, 1.82) is 0 Å². The molecule has 6 aromatic carbocycles. The van der Waals surface area contributed by atoms with Crippen LogP contribution < -0.4 is 5.73 Å². The van der Waals surface area contributed by atoms with Crippen LogP contribution in [0.3, 0.4) is 0 Å². The minimum atomic E-state index is 0.700. The van der Waals surface area contributed by atoms with Crippen molar-refractivity contribution in [1.82, 2.24) is 0 Å². The van der Waals surface area contributed by atoms with Gasteiger partial charge in [-0.15, -0.1) is 0 Å². The van der Waals surface area contributed by atoms with Crippen LogP contribution >= 0.6 is 0 Å². The summed E-state index contributed by atoms with van der Waals surface area (Å²) < 4.78 is 12.5. The van der Waals surface area contributed by atoms with Crippen LogP contribution in [0.15, 0.2) is 136 Å². The molecule has 0 aliphatic heterocycles. The third-order valence-electron chi connectivity index (χ3n) is 7.84. The molecule has 190 valence electrons. The van der Waals surface area contributed by atoms with Crippen LogP contribution in [0.5, 0.6) is 0 Å². The van der Waals surface area contributed by atoms with E-state index in [-0.39, 0.29) is 0 Å². The zero-order valence-electron chi connectivity index (χ0n) is 21.7. The van der Waals surface area contributed by atoms with Gasteiger partial charge in [-0.05, 0) is 88.3 Å². The molecule has 0 aliphatic carbocycles. The van der Waals surface area contributed by atoms with Gasteiger partial charge in [0, 0.05) is 33.3 Å². The fourth-order valence-corrected chi connectivity index (χ4v) is 5.88. The summed E-state index contributed by atoms with van der Waals surface area (Å²) in [4.78, 5) is 0. The van der Waals surface area contributed by atoms with Gasteiger partial charge in [-0.25, -0.2) is 0 Å². The largest absolute Gasteiger partial charge is 0.456 e. The van der Waals surface area contributed by atoms with Crippen molar-refractivity contribution >= 4 is 49.6 Å². The number of hydrogen-bond acceptors (Lipinski definition) is 3. The van der Waals surface area contributed by atoms with Crippen molar-refractivity contribution in [2.75, 3.05) is 5.73 Å². The van der Waals surface area contributed by atoms with Gasteiger partial charge >= 0.3 is 0 Å². The Kier molecular flexibility index (Phi) is 5.04. The normalized spacial score (nSPS) is 11.7. The van der Waals surface area contributed by atoms with Gasteiger partial charge < -0.3 is 14.6 Å². The lowest BCUT2D eigenvalue weighted by Gasteiger charge is -2.11. The van der Waals surface area contributed by atoms with Crippen LogP contribution in [-0.2, 0) is 6.42 Å². The Morgan fingerprint density at radius 3 is 1.90 bits per heavy atom. The third-order valence-corrected chi connectivity index (χ3v) is 7.84. The molecule has 0 saturated carbocycles. The predicted octanol–water partition coefficient (Wildman–Crippen LogP) is 9.99. The number of furan rings is 2. The summed E-state index contributed by atoms with van der Waals surface area (Å²) in [7, 11) is 0. The molecule has 3 nitrogen and oxygen atoms in total. The van der Waals surface area contributed by atoms with Crippen molar-refractivity contribution in [3.8, 4) is 22.3 Å². The number of nitrogens with two attached hydrogens (primary N) is 1. The molecule has 0 bridgehead atoms. The first-order valence-electron chi connectivity index (χ1n) is 13.5. The van der Waals surface area contributed by atoms with Crippen LogP contribution in [0.4, 0.5) is 5.69 Å². The first kappa shape index (κ1) is 22.7. The summed E-state index contributed by atoms with van der Waals surface area (Å²) in [5.41, 5.74) is 17.4. The first-order valence-corrected chi connectivity index (χ1v) is 13.5. The van der Waals surface area contributed by atoms with E-state index in [2.05, 4.69) is 103 Å². The molecule has 0 fully saturated rings. The van der Waals surface area contributed by atoms with Gasteiger partial charge in [0.1, 0.15) is 22.3 Å². The SMILES string of the molecule is Nc1ccc2c(c1)oc1cc(Cc3ccc4oc5ccc(-c6ccccc6)cc5c4c3)c(-c3ccccc3)cc12. The van der Waals surface area contributed by atoms with Gasteiger partial charge in [0.15, 0.2) is 0 Å². The maximum Gasteiger partial charge on any atom is 0.137 e. The predicted molar refractivity (Wildman–Crippen MR) is 166 cm³/mol. The minimum Gasteiger partial charge on any atom is -0.456 e. The Morgan fingerprint density at radius 1 is 0.450 bits per heavy atom. The lowest BCUT2D eigenvalue weighted by molar-refractivity contribution is 0.668. The lowest BCUT2D eigenvalue weighted by Crippen LogP contribution is -1.93. The second-order valence-electron chi connectivity index (χ2n) is 10.4. The smallest absolute Gasteiger partial charge is 0.137 e. The van der Waals surface area contributed by atoms with Crippen LogP contribution in [-0.4, -0.2) is 0 Å². The fraction of sp³-hybridized carbons (Fsp3) is 0.0270. The highest BCUT2D eigenvalue weighted by Crippen LogP contribution is 2.38. The average molecular weight is 516 g/mol. The molecule has 0 unspecified atom stereocenters. The van der Waals surface area contributed by atoms with Gasteiger partial charge in [0.2, 0.25) is 0 Å². The van der Waals surface area contributed by atoms with Crippen molar-refractivity contribution in [2.45, 2.75) is 6.42 Å². The molecule has 0 radical (unpaired) electrons. The number of hydrogen-bond donors (Lipinski definition) is 1. The van der Waals surface area contributed by atoms with E-state index < -0.39 is 0 Å². The van der Waals surface area contributed by atoms with Crippen molar-refractivity contribution in [3.05, 3.63) is 139 Å². The van der Waals surface area contributed by atoms with Gasteiger partial charge in [-0.1, -0.05) is 72.8 Å². The highest BCUT2D eigenvalue weighted by molar-refractivity contribution is 6.08. The van der Waals surface area contributed by atoms with Gasteiger partial charge in [-0.2, -0.15) is 0 Å². The van der Waals surface area contributed by atoms with E-state index in [0.29, 0.717) is 5.69 Å². The maximum atomic E-state index is 6.28. The Bertz CT molecular complexity index is 2190. The summed E-state index contributed by atoms with van der Waals surface area (Å²) in [6, 6.07) is 44.4.